The second-order valence-corrected chi connectivity index (χ2v) is 7.56. The molecule has 2 heterocycles. The molecule has 2 aliphatic rings. The van der Waals surface area contributed by atoms with Crippen LogP contribution in [0.15, 0.2) is 28.7 Å². The molecule has 2 saturated heterocycles. The molecule has 1 N–H and O–H groups in total. The van der Waals surface area contributed by atoms with E-state index in [1.54, 1.807) is 0 Å². The number of carbonyl (C=O) groups is 1. The number of halogens is 1. The van der Waals surface area contributed by atoms with Gasteiger partial charge in [0, 0.05) is 49.5 Å². The Kier molecular flexibility index (Phi) is 6.27. The zero-order chi connectivity index (χ0) is 16.9. The van der Waals surface area contributed by atoms with Gasteiger partial charge in [-0.25, -0.2) is 0 Å². The molecular weight excluding hydrogens is 370 g/mol. The number of ether oxygens (including phenoxy) is 1. The molecule has 24 heavy (non-hydrogen) atoms. The number of amides is 1. The van der Waals surface area contributed by atoms with Crippen LogP contribution in [0.1, 0.15) is 19.8 Å². The van der Waals surface area contributed by atoms with Gasteiger partial charge in [0.15, 0.2) is 0 Å². The summed E-state index contributed by atoms with van der Waals surface area (Å²) in [7, 11) is 0. The molecule has 1 amide bonds. The van der Waals surface area contributed by atoms with Gasteiger partial charge in [-0.1, -0.05) is 15.9 Å². The molecule has 132 valence electrons. The Morgan fingerprint density at radius 1 is 1.29 bits per heavy atom. The van der Waals surface area contributed by atoms with Crippen molar-refractivity contribution in [3.05, 3.63) is 28.7 Å². The number of nitrogens with one attached hydrogen (secondary N) is 1. The van der Waals surface area contributed by atoms with E-state index in [4.69, 9.17) is 4.74 Å². The van der Waals surface area contributed by atoms with E-state index in [9.17, 15) is 4.79 Å². The first kappa shape index (κ1) is 17.9. The topological polar surface area (TPSA) is 44.8 Å². The molecule has 0 bridgehead atoms. The van der Waals surface area contributed by atoms with Gasteiger partial charge in [-0.15, -0.1) is 0 Å². The summed E-state index contributed by atoms with van der Waals surface area (Å²) in [5.74, 6) is 0.0601. The van der Waals surface area contributed by atoms with Crippen molar-refractivity contribution in [1.82, 2.24) is 9.80 Å². The van der Waals surface area contributed by atoms with E-state index >= 15 is 0 Å². The van der Waals surface area contributed by atoms with Gasteiger partial charge in [-0.2, -0.15) is 0 Å². The van der Waals surface area contributed by atoms with Crippen molar-refractivity contribution < 1.29 is 9.53 Å². The summed E-state index contributed by atoms with van der Waals surface area (Å²) in [5.41, 5.74) is 0.840. The lowest BCUT2D eigenvalue weighted by atomic mass is 10.2. The van der Waals surface area contributed by atoms with Crippen LogP contribution >= 0.6 is 15.9 Å². The number of hydrogen-bond donors (Lipinski definition) is 1. The summed E-state index contributed by atoms with van der Waals surface area (Å²) < 4.78 is 6.73. The number of nitrogens with zero attached hydrogens (tertiary/aromatic N) is 2. The van der Waals surface area contributed by atoms with Crippen molar-refractivity contribution in [2.45, 2.75) is 31.9 Å². The minimum Gasteiger partial charge on any atom is -0.377 e. The molecule has 0 spiro atoms. The van der Waals surface area contributed by atoms with E-state index < -0.39 is 0 Å². The zero-order valence-electron chi connectivity index (χ0n) is 14.2. The molecule has 5 nitrogen and oxygen atoms in total. The Labute approximate surface area is 152 Å². The number of hydrogen-bond acceptors (Lipinski definition) is 4. The maximum atomic E-state index is 12.5. The number of anilines is 1. The third-order valence-corrected chi connectivity index (χ3v) is 5.46. The molecule has 1 aromatic rings. The van der Waals surface area contributed by atoms with Gasteiger partial charge in [0.05, 0.1) is 12.1 Å². The average Bonchev–Trinajstić information content (AvgIpc) is 3.10. The standard InChI is InChI=1S/C18H26BrN3O2/c1-14(18(23)20-16-6-4-15(19)5-7-16)22-10-8-21(9-11-22)13-17-3-2-12-24-17/h4-7,14,17H,2-3,8-13H2,1H3,(H,20,23)/t14-,17+/m0/s1. The van der Waals surface area contributed by atoms with E-state index in [1.165, 1.54) is 12.8 Å². The summed E-state index contributed by atoms with van der Waals surface area (Å²) in [4.78, 5) is 17.2. The maximum Gasteiger partial charge on any atom is 0.241 e. The lowest BCUT2D eigenvalue weighted by Gasteiger charge is -2.38. The van der Waals surface area contributed by atoms with Crippen molar-refractivity contribution >= 4 is 27.5 Å². The van der Waals surface area contributed by atoms with Crippen LogP contribution in [-0.2, 0) is 9.53 Å². The lowest BCUT2D eigenvalue weighted by molar-refractivity contribution is -0.121. The first-order valence-electron chi connectivity index (χ1n) is 8.76. The summed E-state index contributed by atoms with van der Waals surface area (Å²) in [5, 5.41) is 3.00. The number of benzene rings is 1. The van der Waals surface area contributed by atoms with Crippen LogP contribution in [0.5, 0.6) is 0 Å². The fraction of sp³-hybridized carbons (Fsp3) is 0.611. The average molecular weight is 396 g/mol. The smallest absolute Gasteiger partial charge is 0.241 e. The molecule has 1 aromatic carbocycles. The van der Waals surface area contributed by atoms with Gasteiger partial charge >= 0.3 is 0 Å². The molecule has 3 rings (SSSR count). The van der Waals surface area contributed by atoms with Crippen molar-refractivity contribution in [1.29, 1.82) is 0 Å². The van der Waals surface area contributed by atoms with Crippen LogP contribution in [0.3, 0.4) is 0 Å². The lowest BCUT2D eigenvalue weighted by Crippen LogP contribution is -2.53. The number of carbonyl (C=O) groups excluding carboxylic acids is 1. The van der Waals surface area contributed by atoms with Crippen LogP contribution < -0.4 is 5.32 Å². The highest BCUT2D eigenvalue weighted by Crippen LogP contribution is 2.17. The molecule has 0 aromatic heterocycles. The third-order valence-electron chi connectivity index (χ3n) is 4.93. The zero-order valence-corrected chi connectivity index (χ0v) is 15.8. The van der Waals surface area contributed by atoms with Gasteiger partial charge < -0.3 is 10.1 Å². The minimum atomic E-state index is -0.112. The Morgan fingerprint density at radius 2 is 2.00 bits per heavy atom. The largest absolute Gasteiger partial charge is 0.377 e. The monoisotopic (exact) mass is 395 g/mol. The normalized spacial score (nSPS) is 24.0. The molecular formula is C18H26BrN3O2. The van der Waals surface area contributed by atoms with E-state index in [-0.39, 0.29) is 11.9 Å². The fourth-order valence-electron chi connectivity index (χ4n) is 3.36. The SMILES string of the molecule is C[C@@H](C(=O)Nc1ccc(Br)cc1)N1CCN(C[C@H]2CCCO2)CC1. The van der Waals surface area contributed by atoms with Crippen molar-refractivity contribution in [3.63, 3.8) is 0 Å². The van der Waals surface area contributed by atoms with Gasteiger partial charge in [0.25, 0.3) is 0 Å². The molecule has 2 atom stereocenters. The molecule has 2 fully saturated rings. The maximum absolute atomic E-state index is 12.5. The quantitative estimate of drug-likeness (QED) is 0.831. The van der Waals surface area contributed by atoms with Crippen LogP contribution in [0.25, 0.3) is 0 Å². The van der Waals surface area contributed by atoms with Crippen LogP contribution in [-0.4, -0.2) is 67.2 Å². The van der Waals surface area contributed by atoms with E-state index in [0.717, 1.165) is 49.5 Å². The van der Waals surface area contributed by atoms with Crippen LogP contribution in [0.2, 0.25) is 0 Å². The highest BCUT2D eigenvalue weighted by atomic mass is 79.9. The molecule has 6 heteroatoms. The summed E-state index contributed by atoms with van der Waals surface area (Å²) in [6, 6.07) is 7.58. The molecule has 0 saturated carbocycles. The Bertz CT molecular complexity index is 538. The Morgan fingerprint density at radius 3 is 2.62 bits per heavy atom. The van der Waals surface area contributed by atoms with Crippen molar-refractivity contribution in [2.24, 2.45) is 0 Å². The predicted molar refractivity (Wildman–Crippen MR) is 99.2 cm³/mol. The Balaban J connectivity index is 1.44. The van der Waals surface area contributed by atoms with Gasteiger partial charge in [-0.3, -0.25) is 14.6 Å². The number of rotatable bonds is 5. The highest BCUT2D eigenvalue weighted by Gasteiger charge is 2.27. The van der Waals surface area contributed by atoms with E-state index in [0.29, 0.717) is 6.10 Å². The Hall–Kier alpha value is -0.950. The van der Waals surface area contributed by atoms with Crippen molar-refractivity contribution in [2.75, 3.05) is 44.6 Å². The second kappa shape index (κ2) is 8.43. The molecule has 0 unspecified atom stereocenters. The molecule has 2 aliphatic heterocycles. The van der Waals surface area contributed by atoms with Gasteiger partial charge in [-0.05, 0) is 44.0 Å². The summed E-state index contributed by atoms with van der Waals surface area (Å²) in [6.45, 7) is 7.82. The molecule has 0 radical (unpaired) electrons. The van der Waals surface area contributed by atoms with E-state index in [1.807, 2.05) is 31.2 Å². The van der Waals surface area contributed by atoms with Crippen LogP contribution in [0.4, 0.5) is 5.69 Å². The van der Waals surface area contributed by atoms with Gasteiger partial charge in [0.1, 0.15) is 0 Å². The third kappa shape index (κ3) is 4.79. The predicted octanol–water partition coefficient (Wildman–Crippen LogP) is 2.57. The first-order chi connectivity index (χ1) is 11.6. The van der Waals surface area contributed by atoms with Crippen LogP contribution in [0, 0.1) is 0 Å². The first-order valence-corrected chi connectivity index (χ1v) is 9.55. The summed E-state index contributed by atoms with van der Waals surface area (Å²) in [6.07, 6.45) is 2.79. The second-order valence-electron chi connectivity index (χ2n) is 6.64. The van der Waals surface area contributed by atoms with Crippen molar-refractivity contribution in [3.8, 4) is 0 Å². The summed E-state index contributed by atoms with van der Waals surface area (Å²) >= 11 is 3.41. The van der Waals surface area contributed by atoms with Gasteiger partial charge in [0.2, 0.25) is 5.91 Å². The van der Waals surface area contributed by atoms with E-state index in [2.05, 4.69) is 31.0 Å². The highest BCUT2D eigenvalue weighted by molar-refractivity contribution is 9.10. The number of piperazine rings is 1. The molecule has 0 aliphatic carbocycles. The fourth-order valence-corrected chi connectivity index (χ4v) is 3.62. The minimum absolute atomic E-state index is 0.0601.